The maximum Gasteiger partial charge on any atom is 0.0726 e. The minimum absolute atomic E-state index is 0.445. The van der Waals surface area contributed by atoms with Gasteiger partial charge in [0.1, 0.15) is 0 Å². The molecule has 264 valence electrons. The maximum atomic E-state index is 3.89. The van der Waals surface area contributed by atoms with Gasteiger partial charge < -0.3 is 4.90 Å². The second-order valence-corrected chi connectivity index (χ2v) is 16.5. The van der Waals surface area contributed by atoms with Gasteiger partial charge in [0.2, 0.25) is 0 Å². The number of nitrogens with zero attached hydrogens (tertiary/aromatic N) is 1. The number of hydrogen-bond acceptors (Lipinski definition) is 1. The van der Waals surface area contributed by atoms with E-state index < -0.39 is 5.41 Å². The summed E-state index contributed by atoms with van der Waals surface area (Å²) in [6.45, 7) is 0. The van der Waals surface area contributed by atoms with Crippen molar-refractivity contribution in [2.45, 2.75) is 43.4 Å². The van der Waals surface area contributed by atoms with Crippen LogP contribution in [0.5, 0.6) is 0 Å². The van der Waals surface area contributed by atoms with Crippen LogP contribution in [0.2, 0.25) is 0 Å². The maximum absolute atomic E-state index is 3.89. The van der Waals surface area contributed by atoms with Crippen molar-refractivity contribution in [3.05, 3.63) is 208 Å². The molecule has 1 spiro atoms. The third kappa shape index (κ3) is 5.04. The van der Waals surface area contributed by atoms with Gasteiger partial charge in [-0.05, 0) is 134 Å². The van der Waals surface area contributed by atoms with Crippen LogP contribution in [0.3, 0.4) is 0 Å². The van der Waals surface area contributed by atoms with E-state index in [2.05, 4.69) is 197 Å². The monoisotopic (exact) mass is 769 g/mol. The first-order valence-corrected chi connectivity index (χ1v) is 20.6. The zero-order valence-electron chi connectivity index (χ0n) is 30.7. The smallest absolute Gasteiger partial charge is 0.0726 e. The van der Waals surface area contributed by atoms with Crippen molar-refractivity contribution < 1.29 is 0 Å². The third-order valence-corrected chi connectivity index (χ3v) is 13.2. The van der Waals surface area contributed by atoms with E-state index in [9.17, 15) is 0 Å². The fourth-order valence-corrected chi connectivity index (χ4v) is 10.6. The number of anilines is 3. The number of fused-ring (bicyclic) bond motifs is 11. The van der Waals surface area contributed by atoms with E-state index in [1.165, 1.54) is 115 Å². The summed E-state index contributed by atoms with van der Waals surface area (Å²) in [4.78, 5) is 2.53. The van der Waals surface area contributed by atoms with Crippen LogP contribution >= 0.6 is 15.9 Å². The van der Waals surface area contributed by atoms with Crippen LogP contribution in [-0.4, -0.2) is 0 Å². The van der Waals surface area contributed by atoms with Gasteiger partial charge in [-0.1, -0.05) is 163 Å². The molecule has 3 aliphatic carbocycles. The normalized spacial score (nSPS) is 16.8. The van der Waals surface area contributed by atoms with Gasteiger partial charge in [0.25, 0.3) is 0 Å². The minimum Gasteiger partial charge on any atom is -0.310 e. The summed E-state index contributed by atoms with van der Waals surface area (Å²) < 4.78 is 1.10. The van der Waals surface area contributed by atoms with Gasteiger partial charge in [-0.25, -0.2) is 0 Å². The Morgan fingerprint density at radius 1 is 0.436 bits per heavy atom. The summed E-state index contributed by atoms with van der Waals surface area (Å²) in [6.07, 6.45) is 6.61. The summed E-state index contributed by atoms with van der Waals surface area (Å²) in [5.74, 6) is 0.650. The molecule has 0 amide bonds. The van der Waals surface area contributed by atoms with Crippen LogP contribution in [0.4, 0.5) is 17.1 Å². The fraction of sp³-hybridized carbons (Fsp3) is 0.132. The topological polar surface area (TPSA) is 3.24 Å². The molecule has 0 radical (unpaired) electrons. The molecule has 11 rings (SSSR count). The quantitative estimate of drug-likeness (QED) is 0.168. The Hall–Kier alpha value is -5.70. The van der Waals surface area contributed by atoms with Crippen LogP contribution in [0.25, 0.3) is 44.2 Å². The lowest BCUT2D eigenvalue weighted by Crippen LogP contribution is -2.26. The SMILES string of the molecule is Brc1ccc2c(c1)C1(c3ccccc3-2)c2ccccc2-c2ccc(N(c3ccc(C4CCCCC4)cc3)c3cc4ccccc4cc3-c3ccccc3)cc21. The molecular formula is C53H40BrN. The van der Waals surface area contributed by atoms with Gasteiger partial charge in [-0.3, -0.25) is 0 Å². The molecule has 0 N–H and O–H groups in total. The van der Waals surface area contributed by atoms with Gasteiger partial charge in [-0.15, -0.1) is 0 Å². The lowest BCUT2D eigenvalue weighted by Gasteiger charge is -2.33. The van der Waals surface area contributed by atoms with Crippen molar-refractivity contribution in [1.29, 1.82) is 0 Å². The Morgan fingerprint density at radius 3 is 1.71 bits per heavy atom. The fourth-order valence-electron chi connectivity index (χ4n) is 10.3. The molecule has 0 heterocycles. The predicted molar refractivity (Wildman–Crippen MR) is 234 cm³/mol. The highest BCUT2D eigenvalue weighted by molar-refractivity contribution is 9.10. The number of benzene rings is 8. The summed E-state index contributed by atoms with van der Waals surface area (Å²) >= 11 is 3.89. The molecule has 1 atom stereocenters. The van der Waals surface area contributed by atoms with E-state index in [0.717, 1.165) is 10.2 Å². The molecule has 8 aromatic rings. The standard InChI is InChI=1S/C53H40BrN/c54-40-25-29-45-43-19-9-11-21-48(43)53(50(45)33-40)49-22-12-10-20-44(49)46-30-28-42(34-51(46)53)55(41-26-23-36(24-27-41)35-13-3-1-4-14-35)52-32-39-18-8-7-17-38(39)31-47(52)37-15-5-2-6-16-37/h2,5-12,15-35H,1,3-4,13-14H2. The van der Waals surface area contributed by atoms with Crippen molar-refractivity contribution in [2.24, 2.45) is 0 Å². The van der Waals surface area contributed by atoms with Gasteiger partial charge in [0.05, 0.1) is 11.1 Å². The average Bonchev–Trinajstić information content (AvgIpc) is 3.71. The van der Waals surface area contributed by atoms with Crippen LogP contribution < -0.4 is 4.90 Å². The Kier molecular flexibility index (Phi) is 7.71. The Bertz CT molecular complexity index is 2750. The summed E-state index contributed by atoms with van der Waals surface area (Å²) in [5.41, 5.74) is 17.6. The lowest BCUT2D eigenvalue weighted by molar-refractivity contribution is 0.443. The third-order valence-electron chi connectivity index (χ3n) is 12.7. The van der Waals surface area contributed by atoms with Crippen molar-refractivity contribution >= 4 is 43.8 Å². The van der Waals surface area contributed by atoms with Crippen LogP contribution in [0.15, 0.2) is 180 Å². The first-order chi connectivity index (χ1) is 27.2. The highest BCUT2D eigenvalue weighted by atomic mass is 79.9. The highest BCUT2D eigenvalue weighted by Crippen LogP contribution is 2.63. The van der Waals surface area contributed by atoms with Gasteiger partial charge in [0, 0.05) is 21.4 Å². The number of rotatable bonds is 5. The molecule has 1 unspecified atom stereocenters. The zero-order valence-corrected chi connectivity index (χ0v) is 32.3. The van der Waals surface area contributed by atoms with E-state index in [-0.39, 0.29) is 0 Å². The molecule has 0 aliphatic heterocycles. The van der Waals surface area contributed by atoms with Gasteiger partial charge in [-0.2, -0.15) is 0 Å². The minimum atomic E-state index is -0.445. The van der Waals surface area contributed by atoms with E-state index in [4.69, 9.17) is 0 Å². The molecule has 2 heteroatoms. The van der Waals surface area contributed by atoms with E-state index in [0.29, 0.717) is 5.92 Å². The summed E-state index contributed by atoms with van der Waals surface area (Å²) in [5, 5.41) is 2.47. The van der Waals surface area contributed by atoms with Gasteiger partial charge >= 0.3 is 0 Å². The van der Waals surface area contributed by atoms with Crippen molar-refractivity contribution in [3.8, 4) is 33.4 Å². The summed E-state index contributed by atoms with van der Waals surface area (Å²) in [7, 11) is 0. The Labute approximate surface area is 332 Å². The molecule has 0 saturated heterocycles. The molecule has 0 bridgehead atoms. The van der Waals surface area contributed by atoms with Crippen molar-refractivity contribution in [2.75, 3.05) is 4.90 Å². The number of hydrogen-bond donors (Lipinski definition) is 0. The molecule has 0 aromatic heterocycles. The predicted octanol–water partition coefficient (Wildman–Crippen LogP) is 15.1. The second-order valence-electron chi connectivity index (χ2n) is 15.6. The van der Waals surface area contributed by atoms with Crippen LogP contribution in [0, 0.1) is 0 Å². The van der Waals surface area contributed by atoms with Gasteiger partial charge in [0.15, 0.2) is 0 Å². The first kappa shape index (κ1) is 32.7. The molecule has 8 aromatic carbocycles. The number of halogens is 1. The lowest BCUT2D eigenvalue weighted by atomic mass is 9.70. The van der Waals surface area contributed by atoms with Crippen molar-refractivity contribution in [3.63, 3.8) is 0 Å². The molecule has 1 saturated carbocycles. The molecular weight excluding hydrogens is 730 g/mol. The van der Waals surface area contributed by atoms with E-state index in [1.807, 2.05) is 0 Å². The molecule has 1 nitrogen and oxygen atoms in total. The molecule has 55 heavy (non-hydrogen) atoms. The summed E-state index contributed by atoms with van der Waals surface area (Å²) in [6, 6.07) is 66.3. The molecule has 3 aliphatic rings. The van der Waals surface area contributed by atoms with Crippen LogP contribution in [0.1, 0.15) is 65.8 Å². The van der Waals surface area contributed by atoms with E-state index >= 15 is 0 Å². The highest BCUT2D eigenvalue weighted by Gasteiger charge is 2.51. The first-order valence-electron chi connectivity index (χ1n) is 19.8. The molecule has 1 fully saturated rings. The second kappa shape index (κ2) is 13.0. The Morgan fingerprint density at radius 2 is 1.00 bits per heavy atom. The van der Waals surface area contributed by atoms with Crippen LogP contribution in [-0.2, 0) is 5.41 Å². The van der Waals surface area contributed by atoms with Crippen molar-refractivity contribution in [1.82, 2.24) is 0 Å². The zero-order chi connectivity index (χ0) is 36.5. The average molecular weight is 771 g/mol. The Balaban J connectivity index is 1.19. The largest absolute Gasteiger partial charge is 0.310 e. The van der Waals surface area contributed by atoms with E-state index in [1.54, 1.807) is 0 Å².